The van der Waals surface area contributed by atoms with Crippen LogP contribution in [0.5, 0.6) is 0 Å². The first-order valence-electron chi connectivity index (χ1n) is 5.61. The number of aromatic nitrogens is 1. The largest absolute Gasteiger partial charge is 0.289 e. The molecule has 0 amide bonds. The Morgan fingerprint density at radius 1 is 1.22 bits per heavy atom. The second kappa shape index (κ2) is 5.61. The van der Waals surface area contributed by atoms with Gasteiger partial charge >= 0.3 is 0 Å². The van der Waals surface area contributed by atoms with Gasteiger partial charge in [-0.15, -0.1) is 0 Å². The van der Waals surface area contributed by atoms with Crippen molar-refractivity contribution in [2.45, 2.75) is 6.92 Å². The van der Waals surface area contributed by atoms with Crippen molar-refractivity contribution in [3.8, 4) is 0 Å². The minimum Gasteiger partial charge on any atom is -0.289 e. The second-order valence-corrected chi connectivity index (χ2v) is 4.45. The number of hydrogen-bond donors (Lipinski definition) is 0. The van der Waals surface area contributed by atoms with Crippen LogP contribution in [0, 0.1) is 6.92 Å². The zero-order valence-electron chi connectivity index (χ0n) is 10.0. The third-order valence-corrected chi connectivity index (χ3v) is 2.75. The number of carbonyl (C=O) groups is 1. The van der Waals surface area contributed by atoms with Crippen molar-refractivity contribution in [2.75, 3.05) is 0 Å². The van der Waals surface area contributed by atoms with E-state index in [1.54, 1.807) is 36.5 Å². The molecule has 0 aliphatic heterocycles. The summed E-state index contributed by atoms with van der Waals surface area (Å²) in [5.41, 5.74) is 1.77. The van der Waals surface area contributed by atoms with E-state index < -0.39 is 0 Å². The van der Waals surface area contributed by atoms with Crippen LogP contribution in [0.4, 0.5) is 0 Å². The molecule has 0 radical (unpaired) electrons. The van der Waals surface area contributed by atoms with Crippen LogP contribution < -0.4 is 4.57 Å². The lowest BCUT2D eigenvalue weighted by Gasteiger charge is -1.94. The standard InChI is InChI=1S/C15H13ClNO/c1-12-3-2-9-17(11-12)10-8-15(18)13-4-6-14(16)7-5-13/h2-11H,1H3/q+1/b10-8+. The molecule has 0 saturated carbocycles. The molecular weight excluding hydrogens is 246 g/mol. The number of carbonyl (C=O) groups excluding carboxylic acids is 1. The molecule has 2 rings (SSSR count). The third kappa shape index (κ3) is 3.28. The number of aryl methyl sites for hydroxylation is 1. The average Bonchev–Trinajstić information content (AvgIpc) is 2.37. The van der Waals surface area contributed by atoms with Gasteiger partial charge in [-0.25, -0.2) is 0 Å². The van der Waals surface area contributed by atoms with E-state index in [9.17, 15) is 4.79 Å². The number of ketones is 1. The van der Waals surface area contributed by atoms with Crippen molar-refractivity contribution in [1.82, 2.24) is 0 Å². The number of rotatable bonds is 3. The molecule has 0 unspecified atom stereocenters. The van der Waals surface area contributed by atoms with Crippen molar-refractivity contribution in [1.29, 1.82) is 0 Å². The molecule has 0 N–H and O–H groups in total. The van der Waals surface area contributed by atoms with Crippen LogP contribution in [-0.4, -0.2) is 5.78 Å². The van der Waals surface area contributed by atoms with Gasteiger partial charge in [-0.1, -0.05) is 11.6 Å². The van der Waals surface area contributed by atoms with E-state index in [1.807, 2.05) is 36.0 Å². The van der Waals surface area contributed by atoms with E-state index in [0.717, 1.165) is 5.56 Å². The van der Waals surface area contributed by atoms with Gasteiger partial charge in [0.2, 0.25) is 0 Å². The normalized spacial score (nSPS) is 10.8. The summed E-state index contributed by atoms with van der Waals surface area (Å²) in [5.74, 6) is -0.0410. The molecule has 2 nitrogen and oxygen atoms in total. The highest BCUT2D eigenvalue weighted by Crippen LogP contribution is 2.10. The third-order valence-electron chi connectivity index (χ3n) is 2.50. The van der Waals surface area contributed by atoms with Crippen LogP contribution in [0.1, 0.15) is 15.9 Å². The molecule has 90 valence electrons. The first-order valence-corrected chi connectivity index (χ1v) is 5.98. The Labute approximate surface area is 111 Å². The zero-order valence-corrected chi connectivity index (χ0v) is 10.8. The molecule has 18 heavy (non-hydrogen) atoms. The zero-order chi connectivity index (χ0) is 13.0. The summed E-state index contributed by atoms with van der Waals surface area (Å²) in [6.45, 7) is 2.01. The van der Waals surface area contributed by atoms with E-state index in [2.05, 4.69) is 0 Å². The van der Waals surface area contributed by atoms with Gasteiger partial charge in [-0.2, -0.15) is 4.57 Å². The number of halogens is 1. The predicted molar refractivity (Wildman–Crippen MR) is 72.5 cm³/mol. The van der Waals surface area contributed by atoms with Crippen molar-refractivity contribution in [3.63, 3.8) is 0 Å². The van der Waals surface area contributed by atoms with Crippen LogP contribution in [0.3, 0.4) is 0 Å². The molecule has 0 spiro atoms. The Kier molecular flexibility index (Phi) is 3.90. The molecule has 1 aromatic heterocycles. The first kappa shape index (κ1) is 12.5. The maximum absolute atomic E-state index is 11.9. The summed E-state index contributed by atoms with van der Waals surface area (Å²) in [6.07, 6.45) is 7.12. The monoisotopic (exact) mass is 258 g/mol. The van der Waals surface area contributed by atoms with E-state index in [1.165, 1.54) is 0 Å². The lowest BCUT2D eigenvalue weighted by Crippen LogP contribution is -2.25. The molecule has 0 aliphatic carbocycles. The molecular formula is C15H13ClNO+. The molecule has 0 aliphatic rings. The van der Waals surface area contributed by atoms with Crippen molar-refractivity contribution < 1.29 is 9.36 Å². The van der Waals surface area contributed by atoms with Crippen molar-refractivity contribution in [3.05, 3.63) is 71.0 Å². The molecule has 3 heteroatoms. The Bertz CT molecular complexity index is 588. The molecule has 0 fully saturated rings. The van der Waals surface area contributed by atoms with E-state index in [-0.39, 0.29) is 5.78 Å². The molecule has 0 atom stereocenters. The highest BCUT2D eigenvalue weighted by atomic mass is 35.5. The van der Waals surface area contributed by atoms with Gasteiger partial charge in [-0.3, -0.25) is 4.79 Å². The van der Waals surface area contributed by atoms with Crippen LogP contribution in [0.15, 0.2) is 54.9 Å². The average molecular weight is 259 g/mol. The van der Waals surface area contributed by atoms with Gasteiger partial charge in [0.1, 0.15) is 0 Å². The lowest BCUT2D eigenvalue weighted by atomic mass is 10.1. The number of nitrogens with zero attached hydrogens (tertiary/aromatic N) is 1. The summed E-state index contributed by atoms with van der Waals surface area (Å²) in [4.78, 5) is 11.9. The van der Waals surface area contributed by atoms with Gasteiger partial charge < -0.3 is 0 Å². The minimum absolute atomic E-state index is 0.0410. The van der Waals surface area contributed by atoms with Crippen LogP contribution in [-0.2, 0) is 0 Å². The van der Waals surface area contributed by atoms with Gasteiger partial charge in [0.05, 0.1) is 6.08 Å². The van der Waals surface area contributed by atoms with Gasteiger partial charge in [0, 0.05) is 22.2 Å². The lowest BCUT2D eigenvalue weighted by molar-refractivity contribution is -0.568. The summed E-state index contributed by atoms with van der Waals surface area (Å²) < 4.78 is 1.85. The van der Waals surface area contributed by atoms with Gasteiger partial charge in [0.15, 0.2) is 24.4 Å². The maximum atomic E-state index is 11.9. The highest BCUT2D eigenvalue weighted by molar-refractivity contribution is 6.30. The number of pyridine rings is 1. The van der Waals surface area contributed by atoms with E-state index in [0.29, 0.717) is 10.6 Å². The molecule has 1 heterocycles. The number of benzene rings is 1. The fourth-order valence-corrected chi connectivity index (χ4v) is 1.70. The molecule has 2 aromatic rings. The fraction of sp³-hybridized carbons (Fsp3) is 0.0667. The smallest absolute Gasteiger partial charge is 0.191 e. The number of allylic oxidation sites excluding steroid dienone is 1. The minimum atomic E-state index is -0.0410. The molecule has 1 aromatic carbocycles. The first-order chi connectivity index (χ1) is 8.65. The van der Waals surface area contributed by atoms with Crippen LogP contribution in [0.25, 0.3) is 6.20 Å². The SMILES string of the molecule is Cc1ccc[n+](/C=C/C(=O)c2ccc(Cl)cc2)c1. The number of hydrogen-bond acceptors (Lipinski definition) is 1. The second-order valence-electron chi connectivity index (χ2n) is 4.02. The summed E-state index contributed by atoms with van der Waals surface area (Å²) in [5, 5.41) is 0.628. The van der Waals surface area contributed by atoms with Crippen LogP contribution >= 0.6 is 11.6 Å². The van der Waals surface area contributed by atoms with Crippen molar-refractivity contribution >= 4 is 23.6 Å². The van der Waals surface area contributed by atoms with E-state index >= 15 is 0 Å². The Balaban J connectivity index is 2.14. The summed E-state index contributed by atoms with van der Waals surface area (Å²) >= 11 is 5.77. The molecule has 0 saturated heterocycles. The Hall–Kier alpha value is -1.93. The van der Waals surface area contributed by atoms with E-state index in [4.69, 9.17) is 11.6 Å². The quantitative estimate of drug-likeness (QED) is 0.470. The summed E-state index contributed by atoms with van der Waals surface area (Å²) in [7, 11) is 0. The maximum Gasteiger partial charge on any atom is 0.191 e. The topological polar surface area (TPSA) is 20.9 Å². The van der Waals surface area contributed by atoms with Gasteiger partial charge in [-0.05, 0) is 37.3 Å². The fourth-order valence-electron chi connectivity index (χ4n) is 1.57. The summed E-state index contributed by atoms with van der Waals surface area (Å²) in [6, 6.07) is 10.8. The Morgan fingerprint density at radius 2 is 1.94 bits per heavy atom. The predicted octanol–water partition coefficient (Wildman–Crippen LogP) is 3.29. The highest BCUT2D eigenvalue weighted by Gasteiger charge is 2.03. The Morgan fingerprint density at radius 3 is 2.61 bits per heavy atom. The van der Waals surface area contributed by atoms with Gasteiger partial charge in [0.25, 0.3) is 0 Å². The van der Waals surface area contributed by atoms with Crippen LogP contribution in [0.2, 0.25) is 5.02 Å². The molecule has 0 bridgehead atoms. The van der Waals surface area contributed by atoms with Crippen molar-refractivity contribution in [2.24, 2.45) is 0 Å².